The molecule has 0 atom stereocenters. The molecule has 32 heavy (non-hydrogen) atoms. The first-order valence-electron chi connectivity index (χ1n) is 10.9. The molecular formula is C29H28O3. The van der Waals surface area contributed by atoms with E-state index in [4.69, 9.17) is 13.9 Å². The first-order chi connectivity index (χ1) is 15.7. The van der Waals surface area contributed by atoms with E-state index in [2.05, 4.69) is 56.3 Å². The predicted molar refractivity (Wildman–Crippen MR) is 130 cm³/mol. The van der Waals surface area contributed by atoms with Crippen LogP contribution in [0.25, 0.3) is 12.2 Å². The van der Waals surface area contributed by atoms with E-state index in [9.17, 15) is 0 Å². The van der Waals surface area contributed by atoms with Crippen LogP contribution in [0.3, 0.4) is 0 Å². The van der Waals surface area contributed by atoms with Gasteiger partial charge < -0.3 is 13.9 Å². The summed E-state index contributed by atoms with van der Waals surface area (Å²) in [6.45, 7) is 5.35. The van der Waals surface area contributed by atoms with E-state index in [1.807, 2.05) is 48.5 Å². The number of hydrogen-bond acceptors (Lipinski definition) is 3. The van der Waals surface area contributed by atoms with Gasteiger partial charge in [0.25, 0.3) is 0 Å². The normalized spacial score (nSPS) is 11.2. The average Bonchev–Trinajstić information content (AvgIpc) is 3.35. The molecule has 0 radical (unpaired) electrons. The van der Waals surface area contributed by atoms with Gasteiger partial charge in [0.1, 0.15) is 24.7 Å². The van der Waals surface area contributed by atoms with Crippen LogP contribution in [0.15, 0.2) is 95.8 Å². The zero-order valence-corrected chi connectivity index (χ0v) is 18.5. The maximum absolute atomic E-state index is 6.32. The predicted octanol–water partition coefficient (Wildman–Crippen LogP) is 7.73. The molecule has 0 aliphatic rings. The van der Waals surface area contributed by atoms with Gasteiger partial charge in [0.05, 0.1) is 12.5 Å². The third kappa shape index (κ3) is 5.70. The second kappa shape index (κ2) is 10.5. The molecule has 0 saturated heterocycles. The minimum atomic E-state index is 0.249. The number of furan rings is 1. The van der Waals surface area contributed by atoms with E-state index >= 15 is 0 Å². The van der Waals surface area contributed by atoms with Crippen molar-refractivity contribution in [2.45, 2.75) is 33.0 Å². The lowest BCUT2D eigenvalue weighted by Crippen LogP contribution is -2.05. The Bertz CT molecular complexity index is 1060. The largest absolute Gasteiger partial charge is 0.488 e. The van der Waals surface area contributed by atoms with Gasteiger partial charge in [0.15, 0.2) is 0 Å². The molecule has 4 aromatic rings. The Morgan fingerprint density at radius 3 is 1.72 bits per heavy atom. The van der Waals surface area contributed by atoms with Crippen LogP contribution in [-0.2, 0) is 13.2 Å². The molecule has 1 heterocycles. The molecule has 1 aromatic heterocycles. The standard InChI is InChI=1S/C29H28O3/c1-22(2)29-27(31-20-23-9-5-3-6-10-23)17-26(14-13-25-15-16-30-19-25)18-28(29)32-21-24-11-7-4-8-12-24/h3-19,22H,20-21H2,1-2H3/b14-13+. The Morgan fingerprint density at radius 1 is 0.719 bits per heavy atom. The van der Waals surface area contributed by atoms with Crippen molar-refractivity contribution in [1.29, 1.82) is 0 Å². The lowest BCUT2D eigenvalue weighted by atomic mass is 9.98. The number of benzene rings is 3. The fourth-order valence-corrected chi connectivity index (χ4v) is 3.56. The van der Waals surface area contributed by atoms with E-state index in [0.717, 1.165) is 39.3 Å². The Kier molecular flexibility index (Phi) is 7.08. The summed E-state index contributed by atoms with van der Waals surface area (Å²) in [5.41, 5.74) is 5.37. The van der Waals surface area contributed by atoms with Crippen LogP contribution in [0.2, 0.25) is 0 Å². The van der Waals surface area contributed by atoms with Crippen molar-refractivity contribution < 1.29 is 13.9 Å². The lowest BCUT2D eigenvalue weighted by molar-refractivity contribution is 0.282. The second-order valence-electron chi connectivity index (χ2n) is 8.02. The Hall–Kier alpha value is -3.72. The molecule has 4 rings (SSSR count). The van der Waals surface area contributed by atoms with E-state index in [1.54, 1.807) is 12.5 Å². The summed E-state index contributed by atoms with van der Waals surface area (Å²) in [7, 11) is 0. The quantitative estimate of drug-likeness (QED) is 0.275. The van der Waals surface area contributed by atoms with Gasteiger partial charge in [-0.3, -0.25) is 0 Å². The van der Waals surface area contributed by atoms with Gasteiger partial charge in [-0.25, -0.2) is 0 Å². The molecule has 0 aliphatic carbocycles. The van der Waals surface area contributed by atoms with Gasteiger partial charge in [-0.15, -0.1) is 0 Å². The Balaban J connectivity index is 1.66. The maximum Gasteiger partial charge on any atom is 0.127 e. The first kappa shape index (κ1) is 21.5. The van der Waals surface area contributed by atoms with Crippen molar-refractivity contribution in [1.82, 2.24) is 0 Å². The van der Waals surface area contributed by atoms with Crippen molar-refractivity contribution >= 4 is 12.2 Å². The average molecular weight is 425 g/mol. The fourth-order valence-electron chi connectivity index (χ4n) is 3.56. The molecule has 3 heteroatoms. The smallest absolute Gasteiger partial charge is 0.127 e. The van der Waals surface area contributed by atoms with Crippen molar-refractivity contribution in [3.63, 3.8) is 0 Å². The topological polar surface area (TPSA) is 31.6 Å². The van der Waals surface area contributed by atoms with Gasteiger partial charge >= 0.3 is 0 Å². The summed E-state index contributed by atoms with van der Waals surface area (Å²) in [4.78, 5) is 0. The minimum absolute atomic E-state index is 0.249. The molecule has 3 nitrogen and oxygen atoms in total. The molecule has 0 amide bonds. The van der Waals surface area contributed by atoms with Crippen LogP contribution < -0.4 is 9.47 Å². The van der Waals surface area contributed by atoms with Crippen molar-refractivity contribution in [2.75, 3.05) is 0 Å². The monoisotopic (exact) mass is 424 g/mol. The van der Waals surface area contributed by atoms with E-state index in [0.29, 0.717) is 13.2 Å². The van der Waals surface area contributed by atoms with Crippen LogP contribution in [0.4, 0.5) is 0 Å². The highest BCUT2D eigenvalue weighted by molar-refractivity contribution is 5.71. The molecule has 0 aliphatic heterocycles. The molecule has 0 unspecified atom stereocenters. The molecule has 0 spiro atoms. The van der Waals surface area contributed by atoms with E-state index in [-0.39, 0.29) is 5.92 Å². The summed E-state index contributed by atoms with van der Waals surface area (Å²) < 4.78 is 17.8. The van der Waals surface area contributed by atoms with Crippen molar-refractivity contribution in [2.24, 2.45) is 0 Å². The molecule has 162 valence electrons. The SMILES string of the molecule is CC(C)c1c(OCc2ccccc2)cc(/C=C/c2ccoc2)cc1OCc1ccccc1. The van der Waals surface area contributed by atoms with Crippen LogP contribution in [0.5, 0.6) is 11.5 Å². The molecule has 3 aromatic carbocycles. The minimum Gasteiger partial charge on any atom is -0.488 e. The highest BCUT2D eigenvalue weighted by Crippen LogP contribution is 2.38. The molecule has 0 N–H and O–H groups in total. The van der Waals surface area contributed by atoms with E-state index < -0.39 is 0 Å². The zero-order valence-electron chi connectivity index (χ0n) is 18.5. The first-order valence-corrected chi connectivity index (χ1v) is 10.9. The summed E-state index contributed by atoms with van der Waals surface area (Å²) in [5.74, 6) is 1.95. The highest BCUT2D eigenvalue weighted by atomic mass is 16.5. The van der Waals surface area contributed by atoms with Crippen LogP contribution in [-0.4, -0.2) is 0 Å². The Morgan fingerprint density at radius 2 is 1.25 bits per heavy atom. The lowest BCUT2D eigenvalue weighted by Gasteiger charge is -2.20. The summed E-state index contributed by atoms with van der Waals surface area (Å²) in [6, 6.07) is 26.5. The maximum atomic E-state index is 6.32. The van der Waals surface area contributed by atoms with Gasteiger partial charge in [0, 0.05) is 11.1 Å². The number of rotatable bonds is 9. The van der Waals surface area contributed by atoms with Gasteiger partial charge in [-0.05, 0) is 40.8 Å². The zero-order chi connectivity index (χ0) is 22.2. The third-order valence-electron chi connectivity index (χ3n) is 5.19. The molecular weight excluding hydrogens is 396 g/mol. The van der Waals surface area contributed by atoms with Crippen LogP contribution >= 0.6 is 0 Å². The second-order valence-corrected chi connectivity index (χ2v) is 8.02. The van der Waals surface area contributed by atoms with Crippen LogP contribution in [0.1, 0.15) is 47.6 Å². The number of ether oxygens (including phenoxy) is 2. The molecule has 0 saturated carbocycles. The van der Waals surface area contributed by atoms with Crippen molar-refractivity contribution in [3.05, 3.63) is 119 Å². The molecule has 0 fully saturated rings. The van der Waals surface area contributed by atoms with E-state index in [1.165, 1.54) is 0 Å². The Labute approximate surface area is 189 Å². The summed E-state index contributed by atoms with van der Waals surface area (Å²) >= 11 is 0. The van der Waals surface area contributed by atoms with Gasteiger partial charge in [-0.2, -0.15) is 0 Å². The third-order valence-corrected chi connectivity index (χ3v) is 5.19. The number of hydrogen-bond donors (Lipinski definition) is 0. The summed E-state index contributed by atoms with van der Waals surface area (Å²) in [5, 5.41) is 0. The molecule has 0 bridgehead atoms. The van der Waals surface area contributed by atoms with Gasteiger partial charge in [0.2, 0.25) is 0 Å². The van der Waals surface area contributed by atoms with Gasteiger partial charge in [-0.1, -0.05) is 86.7 Å². The highest BCUT2D eigenvalue weighted by Gasteiger charge is 2.17. The van der Waals surface area contributed by atoms with Crippen molar-refractivity contribution in [3.8, 4) is 11.5 Å². The fraction of sp³-hybridized carbons (Fsp3) is 0.172. The van der Waals surface area contributed by atoms with Crippen LogP contribution in [0, 0.1) is 0 Å². The summed E-state index contributed by atoms with van der Waals surface area (Å²) in [6.07, 6.45) is 7.47.